The lowest BCUT2D eigenvalue weighted by Gasteiger charge is -2.14. The molecule has 4 heteroatoms. The van der Waals surface area contributed by atoms with Gasteiger partial charge < -0.3 is 4.57 Å². The van der Waals surface area contributed by atoms with Gasteiger partial charge in [0.2, 0.25) is 0 Å². The highest BCUT2D eigenvalue weighted by Gasteiger charge is 2.18. The third-order valence-corrected chi connectivity index (χ3v) is 7.67. The predicted octanol–water partition coefficient (Wildman–Crippen LogP) is 7.32. The monoisotopic (exact) mass is 395 g/mol. The minimum absolute atomic E-state index is 0.691. The minimum atomic E-state index is -0.691. The maximum Gasteiger partial charge on any atom is 0.0629 e. The molecule has 2 heterocycles. The molecule has 3 aromatic carbocycles. The zero-order chi connectivity index (χ0) is 17.7. The Morgan fingerprint density at radius 1 is 0.731 bits per heavy atom. The molecule has 1 nitrogen and oxygen atoms in total. The Balaban J connectivity index is 1.80. The van der Waals surface area contributed by atoms with Crippen molar-refractivity contribution in [2.24, 2.45) is 0 Å². The van der Waals surface area contributed by atoms with Crippen LogP contribution in [0.1, 0.15) is 0 Å². The maximum atomic E-state index is 6.43. The van der Waals surface area contributed by atoms with Gasteiger partial charge in [0, 0.05) is 21.5 Å². The van der Waals surface area contributed by atoms with Crippen LogP contribution >= 0.6 is 34.1 Å². The van der Waals surface area contributed by atoms with E-state index in [1.165, 1.54) is 32.4 Å². The Hall–Kier alpha value is -2.13. The lowest BCUT2D eigenvalue weighted by molar-refractivity contribution is 1.18. The number of nitrogens with zero attached hydrogens (tertiary/aromatic N) is 1. The number of fused-ring (bicyclic) bond motifs is 3. The van der Waals surface area contributed by atoms with E-state index in [4.69, 9.17) is 23.2 Å². The van der Waals surface area contributed by atoms with Crippen LogP contribution in [0.25, 0.3) is 27.5 Å². The number of aromatic nitrogens is 1. The van der Waals surface area contributed by atoms with E-state index in [-0.39, 0.29) is 0 Å². The molecule has 1 aromatic heterocycles. The first-order chi connectivity index (χ1) is 12.7. The number of allylic oxidation sites excluding steroid dienone is 2. The summed E-state index contributed by atoms with van der Waals surface area (Å²) < 4.78 is 3.15. The van der Waals surface area contributed by atoms with Gasteiger partial charge in [-0.1, -0.05) is 59.6 Å². The summed E-state index contributed by atoms with van der Waals surface area (Å²) in [7, 11) is -0.691. The maximum absolute atomic E-state index is 6.43. The van der Waals surface area contributed by atoms with E-state index in [9.17, 15) is 0 Å². The van der Waals surface area contributed by atoms with Crippen molar-refractivity contribution in [1.29, 1.82) is 0 Å². The van der Waals surface area contributed by atoms with Crippen LogP contribution in [0.5, 0.6) is 0 Å². The van der Waals surface area contributed by atoms with E-state index in [0.717, 1.165) is 9.40 Å². The predicted molar refractivity (Wildman–Crippen MR) is 116 cm³/mol. The molecule has 0 fully saturated rings. The zero-order valence-electron chi connectivity index (χ0n) is 13.7. The Kier molecular flexibility index (Phi) is 3.86. The fraction of sp³-hybridized carbons (Fsp3) is 0. The zero-order valence-corrected chi connectivity index (χ0v) is 16.1. The summed E-state index contributed by atoms with van der Waals surface area (Å²) >= 11 is 12.6. The molecule has 26 heavy (non-hydrogen) atoms. The third kappa shape index (κ3) is 2.49. The average Bonchev–Trinajstić information content (AvgIpc) is 3.18. The summed E-state index contributed by atoms with van der Waals surface area (Å²) in [5.41, 5.74) is 3.57. The molecular weight excluding hydrogens is 381 g/mol. The van der Waals surface area contributed by atoms with Crippen molar-refractivity contribution in [1.82, 2.24) is 4.57 Å². The summed E-state index contributed by atoms with van der Waals surface area (Å²) in [6.07, 6.45) is 1.85. The largest absolute Gasteiger partial charge is 0.309 e. The smallest absolute Gasteiger partial charge is 0.0629 e. The first-order valence-electron chi connectivity index (χ1n) is 8.35. The summed E-state index contributed by atoms with van der Waals surface area (Å²) in [6, 6.07) is 25.7. The van der Waals surface area contributed by atoms with Gasteiger partial charge in [-0.15, -0.1) is 0 Å². The van der Waals surface area contributed by atoms with Crippen LogP contribution in [0.2, 0.25) is 0 Å². The molecule has 0 saturated carbocycles. The number of thiol groups is 1. The summed E-state index contributed by atoms with van der Waals surface area (Å²) in [6.45, 7) is 0. The van der Waals surface area contributed by atoms with Crippen LogP contribution in [0.4, 0.5) is 0 Å². The van der Waals surface area contributed by atoms with Crippen LogP contribution in [-0.4, -0.2) is 4.57 Å². The highest BCUT2D eigenvalue weighted by Crippen LogP contribution is 2.53. The molecule has 128 valence electrons. The molecule has 1 unspecified atom stereocenters. The van der Waals surface area contributed by atoms with Gasteiger partial charge in [-0.3, -0.25) is 0 Å². The molecule has 0 saturated heterocycles. The van der Waals surface area contributed by atoms with E-state index in [1.807, 2.05) is 12.1 Å². The summed E-state index contributed by atoms with van der Waals surface area (Å²) in [5, 5.41) is 5.28. The molecule has 0 aliphatic carbocycles. The van der Waals surface area contributed by atoms with Crippen LogP contribution < -0.4 is 0 Å². The number of hydrogen-bond donors (Lipinski definition) is 1. The number of benzene rings is 3. The molecular formula is C22H15Cl2NS. The molecule has 1 aliphatic rings. The fourth-order valence-corrected chi connectivity index (χ4v) is 6.28. The first-order valence-corrected chi connectivity index (χ1v) is 10.5. The van der Waals surface area contributed by atoms with Crippen LogP contribution in [0.3, 0.4) is 0 Å². The third-order valence-electron chi connectivity index (χ3n) is 4.69. The van der Waals surface area contributed by atoms with Gasteiger partial charge in [0.25, 0.3) is 0 Å². The molecule has 4 aromatic rings. The van der Waals surface area contributed by atoms with Gasteiger partial charge in [0.1, 0.15) is 0 Å². The van der Waals surface area contributed by atoms with Crippen molar-refractivity contribution in [3.05, 3.63) is 93.7 Å². The number of hydrogen-bond acceptors (Lipinski definition) is 0. The Morgan fingerprint density at radius 3 is 2.23 bits per heavy atom. The van der Waals surface area contributed by atoms with Crippen molar-refractivity contribution in [2.75, 3.05) is 0 Å². The quantitative estimate of drug-likeness (QED) is 0.339. The first kappa shape index (κ1) is 16.1. The molecule has 5 rings (SSSR count). The summed E-state index contributed by atoms with van der Waals surface area (Å²) in [4.78, 5) is 1.22. The van der Waals surface area contributed by atoms with E-state index in [1.54, 1.807) is 0 Å². The molecule has 0 radical (unpaired) electrons. The number of halogens is 2. The van der Waals surface area contributed by atoms with Gasteiger partial charge in [-0.25, -0.2) is 0 Å². The SMILES string of the molecule is ClC1=C[SH](c2ccc3c(c2)c2ccccc2n3-c2ccccc2)C(Cl)=C1. The standard InChI is InChI=1S/C22H15Cl2NS/c23-15-12-22(24)26(14-15)17-10-11-21-19(13-17)18-8-4-5-9-20(18)25(21)16-6-2-1-3-7-16/h1-14,26H. The topological polar surface area (TPSA) is 4.93 Å². The van der Waals surface area contributed by atoms with Crippen molar-refractivity contribution in [3.8, 4) is 5.69 Å². The van der Waals surface area contributed by atoms with Crippen LogP contribution in [0.15, 0.2) is 98.6 Å². The second-order valence-corrected chi connectivity index (χ2v) is 9.34. The second kappa shape index (κ2) is 6.24. The highest BCUT2D eigenvalue weighted by molar-refractivity contribution is 8.24. The Morgan fingerprint density at radius 2 is 1.46 bits per heavy atom. The van der Waals surface area contributed by atoms with Gasteiger partial charge in [-0.2, -0.15) is 10.9 Å². The Labute approximate surface area is 164 Å². The molecule has 0 bridgehead atoms. The van der Waals surface area contributed by atoms with E-state index < -0.39 is 10.9 Å². The van der Waals surface area contributed by atoms with Crippen molar-refractivity contribution >= 4 is 55.9 Å². The van der Waals surface area contributed by atoms with E-state index in [2.05, 4.69) is 76.7 Å². The second-order valence-electron chi connectivity index (χ2n) is 6.24. The number of rotatable bonds is 2. The van der Waals surface area contributed by atoms with Crippen molar-refractivity contribution in [3.63, 3.8) is 0 Å². The Bertz CT molecular complexity index is 1210. The van der Waals surface area contributed by atoms with Gasteiger partial charge in [0.15, 0.2) is 0 Å². The summed E-state index contributed by atoms with van der Waals surface area (Å²) in [5.74, 6) is 0. The lowest BCUT2D eigenvalue weighted by atomic mass is 10.1. The van der Waals surface area contributed by atoms with Crippen molar-refractivity contribution in [2.45, 2.75) is 4.90 Å². The minimum Gasteiger partial charge on any atom is -0.309 e. The molecule has 1 aliphatic heterocycles. The van der Waals surface area contributed by atoms with Gasteiger partial charge in [0.05, 0.1) is 15.4 Å². The molecule has 0 N–H and O–H groups in total. The van der Waals surface area contributed by atoms with E-state index in [0.29, 0.717) is 0 Å². The van der Waals surface area contributed by atoms with Gasteiger partial charge in [-0.05, 0) is 52.8 Å². The number of para-hydroxylation sites is 2. The van der Waals surface area contributed by atoms with Crippen LogP contribution in [0, 0.1) is 0 Å². The van der Waals surface area contributed by atoms with Crippen molar-refractivity contribution < 1.29 is 0 Å². The fourth-order valence-electron chi connectivity index (χ4n) is 3.57. The van der Waals surface area contributed by atoms with Gasteiger partial charge >= 0.3 is 0 Å². The van der Waals surface area contributed by atoms with E-state index >= 15 is 0 Å². The normalized spacial score (nSPS) is 18.3. The highest BCUT2D eigenvalue weighted by atomic mass is 35.5. The molecule has 0 amide bonds. The molecule has 1 atom stereocenters. The molecule has 0 spiro atoms. The lowest BCUT2D eigenvalue weighted by Crippen LogP contribution is -1.92. The van der Waals surface area contributed by atoms with Crippen LogP contribution in [-0.2, 0) is 0 Å². The average molecular weight is 396 g/mol.